The van der Waals surface area contributed by atoms with Gasteiger partial charge in [0.05, 0.1) is 6.07 Å². The minimum Gasteiger partial charge on any atom is -0.338 e. The lowest BCUT2D eigenvalue weighted by Gasteiger charge is -2.26. The molecule has 2 aliphatic rings. The van der Waals surface area contributed by atoms with Crippen molar-refractivity contribution in [2.24, 2.45) is 11.8 Å². The Labute approximate surface area is 97.2 Å². The van der Waals surface area contributed by atoms with Crippen LogP contribution in [0, 0.1) is 23.2 Å². The van der Waals surface area contributed by atoms with Crippen LogP contribution in [-0.2, 0) is 4.79 Å². The molecule has 0 radical (unpaired) electrons. The number of rotatable bonds is 2. The van der Waals surface area contributed by atoms with E-state index < -0.39 is 5.54 Å². The van der Waals surface area contributed by atoms with E-state index in [1.54, 1.807) is 0 Å². The van der Waals surface area contributed by atoms with Gasteiger partial charge in [-0.25, -0.2) is 0 Å². The standard InChI is InChI=1S/C13H20N2O/c1-10-8-11(10)12(16)15-13(9-14)6-4-2-3-5-7-13/h10-11H,2-8H2,1H3,(H,15,16). The summed E-state index contributed by atoms with van der Waals surface area (Å²) in [4.78, 5) is 11.9. The average Bonchev–Trinajstić information content (AvgIpc) is 3.02. The van der Waals surface area contributed by atoms with Crippen molar-refractivity contribution in [2.45, 2.75) is 57.4 Å². The summed E-state index contributed by atoms with van der Waals surface area (Å²) in [7, 11) is 0. The molecule has 1 N–H and O–H groups in total. The number of carbonyl (C=O) groups is 1. The minimum absolute atomic E-state index is 0.107. The van der Waals surface area contributed by atoms with Crippen molar-refractivity contribution in [1.82, 2.24) is 5.32 Å². The van der Waals surface area contributed by atoms with Crippen molar-refractivity contribution >= 4 is 5.91 Å². The van der Waals surface area contributed by atoms with Gasteiger partial charge in [-0.05, 0) is 25.2 Å². The Kier molecular flexibility index (Phi) is 3.18. The molecule has 2 saturated carbocycles. The molecule has 0 bridgehead atoms. The van der Waals surface area contributed by atoms with Crippen LogP contribution in [0.3, 0.4) is 0 Å². The summed E-state index contributed by atoms with van der Waals surface area (Å²) in [5.41, 5.74) is -0.560. The van der Waals surface area contributed by atoms with Gasteiger partial charge in [0.25, 0.3) is 0 Å². The monoisotopic (exact) mass is 220 g/mol. The van der Waals surface area contributed by atoms with Gasteiger partial charge in [-0.2, -0.15) is 5.26 Å². The highest BCUT2D eigenvalue weighted by Gasteiger charge is 2.42. The molecule has 0 heterocycles. The Bertz CT molecular complexity index is 310. The molecule has 3 heteroatoms. The van der Waals surface area contributed by atoms with Gasteiger partial charge in [-0.1, -0.05) is 32.6 Å². The molecule has 2 unspecified atom stereocenters. The normalized spacial score (nSPS) is 32.2. The Morgan fingerprint density at radius 2 is 1.88 bits per heavy atom. The van der Waals surface area contributed by atoms with Crippen molar-refractivity contribution in [3.05, 3.63) is 0 Å². The summed E-state index contributed by atoms with van der Waals surface area (Å²) in [5.74, 6) is 0.797. The number of hydrogen-bond acceptors (Lipinski definition) is 2. The van der Waals surface area contributed by atoms with Crippen molar-refractivity contribution in [3.63, 3.8) is 0 Å². The van der Waals surface area contributed by atoms with E-state index in [1.165, 1.54) is 12.8 Å². The largest absolute Gasteiger partial charge is 0.338 e. The van der Waals surface area contributed by atoms with E-state index in [-0.39, 0.29) is 11.8 Å². The first-order chi connectivity index (χ1) is 7.67. The fourth-order valence-corrected chi connectivity index (χ4v) is 2.61. The van der Waals surface area contributed by atoms with Crippen molar-refractivity contribution < 1.29 is 4.79 Å². The predicted octanol–water partition coefficient (Wildman–Crippen LogP) is 2.38. The second-order valence-corrected chi connectivity index (χ2v) is 5.42. The van der Waals surface area contributed by atoms with Gasteiger partial charge in [-0.3, -0.25) is 4.79 Å². The maximum absolute atomic E-state index is 11.9. The van der Waals surface area contributed by atoms with Gasteiger partial charge in [0.15, 0.2) is 0 Å². The van der Waals surface area contributed by atoms with Crippen molar-refractivity contribution in [2.75, 3.05) is 0 Å². The van der Waals surface area contributed by atoms with Crippen LogP contribution < -0.4 is 5.32 Å². The number of nitrogens with one attached hydrogen (secondary N) is 1. The molecule has 1 amide bonds. The first-order valence-corrected chi connectivity index (χ1v) is 6.40. The van der Waals surface area contributed by atoms with Crippen LogP contribution in [0.15, 0.2) is 0 Å². The Morgan fingerprint density at radius 3 is 2.31 bits per heavy atom. The predicted molar refractivity (Wildman–Crippen MR) is 61.5 cm³/mol. The molecule has 88 valence electrons. The summed E-state index contributed by atoms with van der Waals surface area (Å²) >= 11 is 0. The fourth-order valence-electron chi connectivity index (χ4n) is 2.61. The molecule has 2 fully saturated rings. The third kappa shape index (κ3) is 2.37. The molecule has 2 atom stereocenters. The van der Waals surface area contributed by atoms with Crippen LogP contribution in [-0.4, -0.2) is 11.4 Å². The summed E-state index contributed by atoms with van der Waals surface area (Å²) in [6.45, 7) is 2.09. The summed E-state index contributed by atoms with van der Waals surface area (Å²) < 4.78 is 0. The molecule has 0 aliphatic heterocycles. The molecular formula is C13H20N2O. The lowest BCUT2D eigenvalue weighted by molar-refractivity contribution is -0.124. The molecule has 3 nitrogen and oxygen atoms in total. The first kappa shape index (κ1) is 11.4. The number of amides is 1. The van der Waals surface area contributed by atoms with Crippen LogP contribution in [0.5, 0.6) is 0 Å². The van der Waals surface area contributed by atoms with E-state index in [0.717, 1.165) is 32.1 Å². The van der Waals surface area contributed by atoms with Crippen LogP contribution in [0.25, 0.3) is 0 Å². The summed E-state index contributed by atoms with van der Waals surface area (Å²) in [6.07, 6.45) is 7.17. The average molecular weight is 220 g/mol. The molecule has 2 aliphatic carbocycles. The van der Waals surface area contributed by atoms with E-state index in [4.69, 9.17) is 0 Å². The molecule has 2 rings (SSSR count). The van der Waals surface area contributed by atoms with Crippen LogP contribution >= 0.6 is 0 Å². The Balaban J connectivity index is 1.98. The quantitative estimate of drug-likeness (QED) is 0.726. The van der Waals surface area contributed by atoms with Crippen molar-refractivity contribution in [1.29, 1.82) is 5.26 Å². The van der Waals surface area contributed by atoms with Gasteiger partial charge in [-0.15, -0.1) is 0 Å². The summed E-state index contributed by atoms with van der Waals surface area (Å²) in [5, 5.41) is 12.3. The van der Waals surface area contributed by atoms with Crippen molar-refractivity contribution in [3.8, 4) is 6.07 Å². The second-order valence-electron chi connectivity index (χ2n) is 5.42. The lowest BCUT2D eigenvalue weighted by Crippen LogP contribution is -2.47. The van der Waals surface area contributed by atoms with Gasteiger partial charge in [0.2, 0.25) is 5.91 Å². The minimum atomic E-state index is -0.560. The first-order valence-electron chi connectivity index (χ1n) is 6.40. The van der Waals surface area contributed by atoms with E-state index >= 15 is 0 Å². The number of nitrogens with zero attached hydrogens (tertiary/aromatic N) is 1. The topological polar surface area (TPSA) is 52.9 Å². The maximum atomic E-state index is 11.9. The van der Waals surface area contributed by atoms with Crippen LogP contribution in [0.2, 0.25) is 0 Å². The molecule has 0 saturated heterocycles. The van der Waals surface area contributed by atoms with E-state index in [0.29, 0.717) is 5.92 Å². The highest BCUT2D eigenvalue weighted by Crippen LogP contribution is 2.38. The Hall–Kier alpha value is -1.04. The van der Waals surface area contributed by atoms with E-state index in [9.17, 15) is 10.1 Å². The molecule has 0 aromatic heterocycles. The molecule has 0 aromatic carbocycles. The highest BCUT2D eigenvalue weighted by atomic mass is 16.2. The molecule has 0 aromatic rings. The van der Waals surface area contributed by atoms with Crippen LogP contribution in [0.1, 0.15) is 51.9 Å². The third-order valence-corrected chi connectivity index (χ3v) is 3.98. The second kappa shape index (κ2) is 4.45. The molecule has 16 heavy (non-hydrogen) atoms. The Morgan fingerprint density at radius 1 is 1.31 bits per heavy atom. The number of nitriles is 1. The molecular weight excluding hydrogens is 200 g/mol. The molecule has 0 spiro atoms. The van der Waals surface area contributed by atoms with Gasteiger partial charge < -0.3 is 5.32 Å². The lowest BCUT2D eigenvalue weighted by atomic mass is 9.91. The van der Waals surface area contributed by atoms with E-state index in [2.05, 4.69) is 18.3 Å². The van der Waals surface area contributed by atoms with Crippen LogP contribution in [0.4, 0.5) is 0 Å². The fraction of sp³-hybridized carbons (Fsp3) is 0.846. The zero-order valence-corrected chi connectivity index (χ0v) is 9.96. The zero-order valence-electron chi connectivity index (χ0n) is 9.96. The van der Waals surface area contributed by atoms with Gasteiger partial charge in [0, 0.05) is 5.92 Å². The number of hydrogen-bond donors (Lipinski definition) is 1. The SMILES string of the molecule is CC1CC1C(=O)NC1(C#N)CCCCCC1. The maximum Gasteiger partial charge on any atom is 0.224 e. The van der Waals surface area contributed by atoms with Gasteiger partial charge in [0.1, 0.15) is 5.54 Å². The van der Waals surface area contributed by atoms with Gasteiger partial charge >= 0.3 is 0 Å². The highest BCUT2D eigenvalue weighted by molar-refractivity contribution is 5.82. The number of carbonyl (C=O) groups excluding carboxylic acids is 1. The zero-order chi connectivity index (χ0) is 11.6. The van der Waals surface area contributed by atoms with E-state index in [1.807, 2.05) is 0 Å². The summed E-state index contributed by atoms with van der Waals surface area (Å²) in [6, 6.07) is 2.35. The smallest absolute Gasteiger partial charge is 0.224 e. The third-order valence-electron chi connectivity index (χ3n) is 3.98.